The zero-order valence-corrected chi connectivity index (χ0v) is 24.2. The second-order valence-corrected chi connectivity index (χ2v) is 9.72. The molecule has 10 heteroatoms. The summed E-state index contributed by atoms with van der Waals surface area (Å²) >= 11 is 3.51. The third kappa shape index (κ3) is 6.45. The molecule has 3 aromatic rings. The van der Waals surface area contributed by atoms with Crippen LogP contribution >= 0.6 is 15.9 Å². The highest BCUT2D eigenvalue weighted by Gasteiger charge is 2.37. The van der Waals surface area contributed by atoms with Crippen molar-refractivity contribution in [1.29, 1.82) is 0 Å². The van der Waals surface area contributed by atoms with Gasteiger partial charge < -0.3 is 18.9 Å². The van der Waals surface area contributed by atoms with Gasteiger partial charge in [-0.15, -0.1) is 0 Å². The molecule has 1 saturated heterocycles. The highest BCUT2D eigenvalue weighted by Crippen LogP contribution is 2.38. The highest BCUT2D eigenvalue weighted by atomic mass is 79.9. The highest BCUT2D eigenvalue weighted by molar-refractivity contribution is 9.10. The molecule has 3 aromatic carbocycles. The number of barbiturate groups is 1. The normalized spacial score (nSPS) is 14.3. The van der Waals surface area contributed by atoms with Crippen LogP contribution in [0.15, 0.2) is 64.6 Å². The molecule has 0 unspecified atom stereocenters. The number of nitrogens with one attached hydrogen (secondary N) is 1. The number of amides is 4. The van der Waals surface area contributed by atoms with Crippen molar-refractivity contribution in [1.82, 2.24) is 5.32 Å². The molecule has 1 heterocycles. The van der Waals surface area contributed by atoms with Gasteiger partial charge in [0.05, 0.1) is 23.9 Å². The summed E-state index contributed by atoms with van der Waals surface area (Å²) in [6.07, 6.45) is 1.40. The molecule has 4 rings (SSSR count). The molecule has 0 radical (unpaired) electrons. The molecular weight excluding hydrogens is 580 g/mol. The number of rotatable bonds is 10. The van der Waals surface area contributed by atoms with Gasteiger partial charge in [0.2, 0.25) is 0 Å². The molecule has 0 aromatic heterocycles. The quantitative estimate of drug-likeness (QED) is 0.181. The van der Waals surface area contributed by atoms with Gasteiger partial charge in [-0.1, -0.05) is 6.07 Å². The summed E-state index contributed by atoms with van der Waals surface area (Å²) in [6, 6.07) is 14.8. The number of hydrogen-bond acceptors (Lipinski definition) is 7. The minimum Gasteiger partial charge on any atom is -0.497 e. The zero-order valence-electron chi connectivity index (χ0n) is 22.6. The molecule has 4 amide bonds. The lowest BCUT2D eigenvalue weighted by Crippen LogP contribution is -2.54. The number of ether oxygens (including phenoxy) is 4. The topological polar surface area (TPSA) is 103 Å². The van der Waals surface area contributed by atoms with Gasteiger partial charge in [0.15, 0.2) is 11.5 Å². The number of nitrogens with zero attached hydrogens (tertiary/aromatic N) is 1. The van der Waals surface area contributed by atoms with Gasteiger partial charge in [-0.25, -0.2) is 9.69 Å². The molecule has 0 spiro atoms. The van der Waals surface area contributed by atoms with Crippen molar-refractivity contribution in [2.75, 3.05) is 31.8 Å². The van der Waals surface area contributed by atoms with Gasteiger partial charge in [0.1, 0.15) is 30.3 Å². The largest absolute Gasteiger partial charge is 0.497 e. The van der Waals surface area contributed by atoms with Crippen LogP contribution in [0, 0.1) is 13.8 Å². The van der Waals surface area contributed by atoms with Crippen molar-refractivity contribution in [3.63, 3.8) is 0 Å². The number of hydrogen-bond donors (Lipinski definition) is 1. The maximum atomic E-state index is 13.3. The number of imide groups is 2. The molecule has 1 aliphatic heterocycles. The number of carbonyl (C=O) groups excluding carboxylic acids is 3. The summed E-state index contributed by atoms with van der Waals surface area (Å²) in [5.41, 5.74) is 2.92. The minimum atomic E-state index is -0.833. The predicted octanol–water partition coefficient (Wildman–Crippen LogP) is 5.60. The Balaban J connectivity index is 1.54. The van der Waals surface area contributed by atoms with Crippen LogP contribution in [0.1, 0.15) is 23.6 Å². The van der Waals surface area contributed by atoms with Gasteiger partial charge >= 0.3 is 6.03 Å². The predicted molar refractivity (Wildman–Crippen MR) is 154 cm³/mol. The fourth-order valence-corrected chi connectivity index (χ4v) is 4.55. The third-order valence-electron chi connectivity index (χ3n) is 6.15. The number of halogens is 1. The van der Waals surface area contributed by atoms with Crippen LogP contribution in [0.25, 0.3) is 6.08 Å². The lowest BCUT2D eigenvalue weighted by atomic mass is 10.1. The lowest BCUT2D eigenvalue weighted by Gasteiger charge is -2.26. The smallest absolute Gasteiger partial charge is 0.335 e. The summed E-state index contributed by atoms with van der Waals surface area (Å²) in [7, 11) is 1.51. The molecular formula is C30H29BrN2O7. The van der Waals surface area contributed by atoms with E-state index >= 15 is 0 Å². The van der Waals surface area contributed by atoms with E-state index in [9.17, 15) is 14.4 Å². The van der Waals surface area contributed by atoms with Crippen molar-refractivity contribution in [3.05, 3.63) is 81.3 Å². The fourth-order valence-electron chi connectivity index (χ4n) is 3.97. The first kappa shape index (κ1) is 28.7. The van der Waals surface area contributed by atoms with Crippen LogP contribution in [-0.2, 0) is 9.59 Å². The lowest BCUT2D eigenvalue weighted by molar-refractivity contribution is -0.122. The first-order chi connectivity index (χ1) is 19.2. The molecule has 1 N–H and O–H groups in total. The molecule has 208 valence electrons. The monoisotopic (exact) mass is 608 g/mol. The van der Waals surface area contributed by atoms with Gasteiger partial charge in [-0.2, -0.15) is 0 Å². The van der Waals surface area contributed by atoms with Gasteiger partial charge in [-0.3, -0.25) is 14.9 Å². The first-order valence-electron chi connectivity index (χ1n) is 12.6. The van der Waals surface area contributed by atoms with Crippen molar-refractivity contribution >= 4 is 45.5 Å². The Morgan fingerprint density at radius 3 is 2.25 bits per heavy atom. The number of aryl methyl sites for hydroxylation is 2. The standard InChI is InChI=1S/C30H29BrN2O7/c1-5-38-26-17-20(16-25(31)27(26)40-13-12-39-23-9-6-18(2)19(3)14-23)15-24-28(34)32-30(36)33(29(24)35)21-7-10-22(37-4)11-8-21/h6-11,14-17H,5,12-13H2,1-4H3,(H,32,34,36). The number of anilines is 1. The van der Waals surface area contributed by atoms with Crippen molar-refractivity contribution in [2.24, 2.45) is 0 Å². The Hall–Kier alpha value is -4.31. The molecule has 0 atom stereocenters. The molecule has 1 aliphatic rings. The summed E-state index contributed by atoms with van der Waals surface area (Å²) in [4.78, 5) is 39.3. The average Bonchev–Trinajstić information content (AvgIpc) is 2.92. The van der Waals surface area contributed by atoms with E-state index in [-0.39, 0.29) is 12.2 Å². The maximum Gasteiger partial charge on any atom is 0.335 e. The Kier molecular flexibility index (Phi) is 9.11. The Labute approximate surface area is 240 Å². The molecule has 40 heavy (non-hydrogen) atoms. The van der Waals surface area contributed by atoms with E-state index < -0.39 is 17.8 Å². The van der Waals surface area contributed by atoms with Crippen molar-refractivity contribution < 1.29 is 33.3 Å². The Morgan fingerprint density at radius 2 is 1.57 bits per heavy atom. The van der Waals surface area contributed by atoms with E-state index in [1.54, 1.807) is 36.4 Å². The van der Waals surface area contributed by atoms with Crippen LogP contribution in [0.3, 0.4) is 0 Å². The van der Waals surface area contributed by atoms with Gasteiger partial charge in [-0.05, 0) is 108 Å². The first-order valence-corrected chi connectivity index (χ1v) is 13.4. The Bertz CT molecular complexity index is 1470. The molecule has 1 fully saturated rings. The summed E-state index contributed by atoms with van der Waals surface area (Å²) in [5.74, 6) is 0.654. The van der Waals surface area contributed by atoms with Crippen molar-refractivity contribution in [3.8, 4) is 23.0 Å². The van der Waals surface area contributed by atoms with E-state index in [4.69, 9.17) is 18.9 Å². The average molecular weight is 609 g/mol. The number of methoxy groups -OCH3 is 1. The van der Waals surface area contributed by atoms with E-state index in [2.05, 4.69) is 21.2 Å². The Morgan fingerprint density at radius 1 is 0.875 bits per heavy atom. The van der Waals surface area contributed by atoms with E-state index in [1.807, 2.05) is 39.0 Å². The summed E-state index contributed by atoms with van der Waals surface area (Å²) in [5, 5.41) is 2.22. The summed E-state index contributed by atoms with van der Waals surface area (Å²) in [6.45, 7) is 6.84. The molecule has 0 bridgehead atoms. The second kappa shape index (κ2) is 12.7. The van der Waals surface area contributed by atoms with E-state index in [1.165, 1.54) is 18.7 Å². The summed E-state index contributed by atoms with van der Waals surface area (Å²) < 4.78 is 23.3. The maximum absolute atomic E-state index is 13.3. The van der Waals surface area contributed by atoms with Gasteiger partial charge in [0.25, 0.3) is 11.8 Å². The molecule has 0 aliphatic carbocycles. The van der Waals surface area contributed by atoms with Crippen LogP contribution in [0.4, 0.5) is 10.5 Å². The number of urea groups is 1. The SMILES string of the molecule is CCOc1cc(C=C2C(=O)NC(=O)N(c3ccc(OC)cc3)C2=O)cc(Br)c1OCCOc1ccc(C)c(C)c1. The molecule has 0 saturated carbocycles. The number of carbonyl (C=O) groups is 3. The fraction of sp³-hybridized carbons (Fsp3) is 0.233. The van der Waals surface area contributed by atoms with E-state index in [0.717, 1.165) is 16.2 Å². The molecule has 9 nitrogen and oxygen atoms in total. The second-order valence-electron chi connectivity index (χ2n) is 8.86. The van der Waals surface area contributed by atoms with Crippen LogP contribution < -0.4 is 29.2 Å². The number of benzene rings is 3. The zero-order chi connectivity index (χ0) is 28.8. The van der Waals surface area contributed by atoms with Gasteiger partial charge in [0, 0.05) is 0 Å². The van der Waals surface area contributed by atoms with E-state index in [0.29, 0.717) is 46.2 Å². The van der Waals surface area contributed by atoms with Crippen LogP contribution in [0.5, 0.6) is 23.0 Å². The third-order valence-corrected chi connectivity index (χ3v) is 6.74. The van der Waals surface area contributed by atoms with Crippen molar-refractivity contribution in [2.45, 2.75) is 20.8 Å². The van der Waals surface area contributed by atoms with Crippen LogP contribution in [0.2, 0.25) is 0 Å². The minimum absolute atomic E-state index is 0.208. The van der Waals surface area contributed by atoms with Crippen LogP contribution in [-0.4, -0.2) is 44.8 Å².